The van der Waals surface area contributed by atoms with Crippen LogP contribution in [-0.2, 0) is 4.79 Å². The molecule has 0 unspecified atom stereocenters. The molecular weight excluding hydrogens is 314 g/mol. The minimum atomic E-state index is -0.781. The predicted octanol–water partition coefficient (Wildman–Crippen LogP) is 4.30. The number of carbonyl (C=O) groups excluding carboxylic acids is 2. The fourth-order valence-corrected chi connectivity index (χ4v) is 2.29. The van der Waals surface area contributed by atoms with Gasteiger partial charge in [0.2, 0.25) is 0 Å². The third-order valence-electron chi connectivity index (χ3n) is 3.85. The molecule has 5 heteroatoms. The maximum Gasteiger partial charge on any atom is 0.185 e. The summed E-state index contributed by atoms with van der Waals surface area (Å²) in [4.78, 5) is 27.9. The van der Waals surface area contributed by atoms with Crippen LogP contribution in [0, 0.1) is 5.41 Å². The summed E-state index contributed by atoms with van der Waals surface area (Å²) in [6.45, 7) is 4.85. The van der Waals surface area contributed by atoms with Gasteiger partial charge >= 0.3 is 0 Å². The number of aromatic hydroxyl groups is 1. The van der Waals surface area contributed by atoms with E-state index in [1.165, 1.54) is 19.2 Å². The highest BCUT2D eigenvalue weighted by Crippen LogP contribution is 2.29. The number of nitrogens with zero attached hydrogens (tertiary/aromatic N) is 1. The van der Waals surface area contributed by atoms with Crippen molar-refractivity contribution in [3.63, 3.8) is 0 Å². The molecule has 0 bridgehead atoms. The summed E-state index contributed by atoms with van der Waals surface area (Å²) in [7, 11) is 0. The summed E-state index contributed by atoms with van der Waals surface area (Å²) in [5.41, 5.74) is 0.650. The van der Waals surface area contributed by atoms with E-state index in [2.05, 4.69) is 4.98 Å². The van der Waals surface area contributed by atoms with Gasteiger partial charge in [0.05, 0.1) is 0 Å². The molecule has 0 amide bonds. The lowest BCUT2D eigenvalue weighted by Crippen LogP contribution is -2.25. The molecule has 0 saturated heterocycles. The molecule has 4 nitrogen and oxygen atoms in total. The van der Waals surface area contributed by atoms with Crippen LogP contribution in [0.25, 0.3) is 11.1 Å². The highest BCUT2D eigenvalue weighted by molar-refractivity contribution is 6.30. The molecule has 2 rings (SSSR count). The second-order valence-electron chi connectivity index (χ2n) is 6.14. The molecule has 1 aromatic carbocycles. The van der Waals surface area contributed by atoms with Gasteiger partial charge in [-0.1, -0.05) is 37.6 Å². The number of aromatic nitrogens is 1. The molecule has 0 saturated carbocycles. The molecule has 0 aliphatic rings. The zero-order valence-corrected chi connectivity index (χ0v) is 14.0. The first kappa shape index (κ1) is 17.2. The van der Waals surface area contributed by atoms with Crippen molar-refractivity contribution in [2.24, 2.45) is 5.41 Å². The number of pyridine rings is 1. The van der Waals surface area contributed by atoms with Crippen LogP contribution in [0.5, 0.6) is 5.75 Å². The van der Waals surface area contributed by atoms with Crippen LogP contribution in [0.1, 0.15) is 37.7 Å². The topological polar surface area (TPSA) is 67.3 Å². The maximum absolute atomic E-state index is 12.3. The Balaban J connectivity index is 2.29. The standard InChI is InChI=1S/C18H18ClNO3/c1-11(21)18(2,3)9-16(23)17-15(22)8-13(10-20-17)12-5-4-6-14(19)7-12/h4-8,10,22H,9H2,1-3H3. The lowest BCUT2D eigenvalue weighted by atomic mass is 9.83. The monoisotopic (exact) mass is 331 g/mol. The normalized spacial score (nSPS) is 11.3. The van der Waals surface area contributed by atoms with E-state index in [0.29, 0.717) is 10.6 Å². The third kappa shape index (κ3) is 3.96. The molecule has 0 spiro atoms. The van der Waals surface area contributed by atoms with Gasteiger partial charge < -0.3 is 5.11 Å². The SMILES string of the molecule is CC(=O)C(C)(C)CC(=O)c1ncc(-c2cccc(Cl)c2)cc1O. The summed E-state index contributed by atoms with van der Waals surface area (Å²) in [5.74, 6) is -0.645. The number of Topliss-reactive ketones (excluding diaryl/α,β-unsaturated/α-hetero) is 2. The predicted molar refractivity (Wildman–Crippen MR) is 89.8 cm³/mol. The Morgan fingerprint density at radius 1 is 1.22 bits per heavy atom. The van der Waals surface area contributed by atoms with Crippen molar-refractivity contribution < 1.29 is 14.7 Å². The molecule has 23 heavy (non-hydrogen) atoms. The van der Waals surface area contributed by atoms with Crippen LogP contribution in [0.4, 0.5) is 0 Å². The second-order valence-corrected chi connectivity index (χ2v) is 6.58. The number of ketones is 2. The Hall–Kier alpha value is -2.20. The third-order valence-corrected chi connectivity index (χ3v) is 4.08. The van der Waals surface area contributed by atoms with E-state index in [1.807, 2.05) is 6.07 Å². The highest BCUT2D eigenvalue weighted by Gasteiger charge is 2.29. The van der Waals surface area contributed by atoms with E-state index < -0.39 is 5.41 Å². The zero-order valence-electron chi connectivity index (χ0n) is 13.3. The Morgan fingerprint density at radius 3 is 2.48 bits per heavy atom. The van der Waals surface area contributed by atoms with Gasteiger partial charge in [-0.3, -0.25) is 9.59 Å². The van der Waals surface area contributed by atoms with Gasteiger partial charge in [-0.05, 0) is 30.7 Å². The van der Waals surface area contributed by atoms with Crippen molar-refractivity contribution in [2.75, 3.05) is 0 Å². The summed E-state index contributed by atoms with van der Waals surface area (Å²) in [5, 5.41) is 10.7. The first-order chi connectivity index (χ1) is 10.7. The first-order valence-electron chi connectivity index (χ1n) is 7.20. The molecule has 0 aliphatic heterocycles. The summed E-state index contributed by atoms with van der Waals surface area (Å²) in [6.07, 6.45) is 1.51. The average molecular weight is 332 g/mol. The van der Waals surface area contributed by atoms with Crippen molar-refractivity contribution in [2.45, 2.75) is 27.2 Å². The first-order valence-corrected chi connectivity index (χ1v) is 7.58. The summed E-state index contributed by atoms with van der Waals surface area (Å²) >= 11 is 5.95. The Bertz CT molecular complexity index is 769. The van der Waals surface area contributed by atoms with E-state index in [4.69, 9.17) is 11.6 Å². The molecule has 1 heterocycles. The fourth-order valence-electron chi connectivity index (χ4n) is 2.10. The lowest BCUT2D eigenvalue weighted by molar-refractivity contribution is -0.124. The van der Waals surface area contributed by atoms with Crippen LogP contribution < -0.4 is 0 Å². The van der Waals surface area contributed by atoms with Gasteiger partial charge in [0.15, 0.2) is 5.78 Å². The highest BCUT2D eigenvalue weighted by atomic mass is 35.5. The maximum atomic E-state index is 12.3. The van der Waals surface area contributed by atoms with Crippen molar-refractivity contribution in [3.8, 4) is 16.9 Å². The number of rotatable bonds is 5. The average Bonchev–Trinajstić information content (AvgIpc) is 2.46. The van der Waals surface area contributed by atoms with Gasteiger partial charge in [0.1, 0.15) is 17.2 Å². The van der Waals surface area contributed by atoms with E-state index in [1.54, 1.807) is 32.0 Å². The van der Waals surface area contributed by atoms with E-state index in [9.17, 15) is 14.7 Å². The van der Waals surface area contributed by atoms with Crippen molar-refractivity contribution in [3.05, 3.63) is 47.2 Å². The Kier molecular flexibility index (Phi) is 4.85. The second kappa shape index (κ2) is 6.50. The summed E-state index contributed by atoms with van der Waals surface area (Å²) in [6, 6.07) is 8.61. The molecule has 0 fully saturated rings. The van der Waals surface area contributed by atoms with Crippen LogP contribution in [-0.4, -0.2) is 21.7 Å². The molecule has 0 aliphatic carbocycles. The smallest absolute Gasteiger partial charge is 0.185 e. The molecule has 0 radical (unpaired) electrons. The van der Waals surface area contributed by atoms with Crippen LogP contribution in [0.15, 0.2) is 36.5 Å². The molecule has 120 valence electrons. The van der Waals surface area contributed by atoms with Crippen molar-refractivity contribution >= 4 is 23.2 Å². The molecule has 0 atom stereocenters. The number of hydrogen-bond acceptors (Lipinski definition) is 4. The number of carbonyl (C=O) groups is 2. The fraction of sp³-hybridized carbons (Fsp3) is 0.278. The van der Waals surface area contributed by atoms with Gasteiger partial charge in [0.25, 0.3) is 0 Å². The van der Waals surface area contributed by atoms with E-state index in [0.717, 1.165) is 5.56 Å². The number of benzene rings is 1. The van der Waals surface area contributed by atoms with Gasteiger partial charge in [-0.2, -0.15) is 0 Å². The van der Waals surface area contributed by atoms with E-state index in [-0.39, 0.29) is 29.4 Å². The largest absolute Gasteiger partial charge is 0.506 e. The number of hydrogen-bond donors (Lipinski definition) is 1. The van der Waals surface area contributed by atoms with Gasteiger partial charge in [-0.15, -0.1) is 0 Å². The Labute approximate surface area is 140 Å². The molecular formula is C18H18ClNO3. The van der Waals surface area contributed by atoms with E-state index >= 15 is 0 Å². The summed E-state index contributed by atoms with van der Waals surface area (Å²) < 4.78 is 0. The van der Waals surface area contributed by atoms with Crippen molar-refractivity contribution in [1.29, 1.82) is 0 Å². The van der Waals surface area contributed by atoms with Gasteiger partial charge in [0, 0.05) is 28.6 Å². The van der Waals surface area contributed by atoms with Crippen LogP contribution in [0.3, 0.4) is 0 Å². The Morgan fingerprint density at radius 2 is 1.91 bits per heavy atom. The van der Waals surface area contributed by atoms with Gasteiger partial charge in [-0.25, -0.2) is 4.98 Å². The van der Waals surface area contributed by atoms with Crippen LogP contribution >= 0.6 is 11.6 Å². The quantitative estimate of drug-likeness (QED) is 0.830. The van der Waals surface area contributed by atoms with Crippen LogP contribution in [0.2, 0.25) is 5.02 Å². The lowest BCUT2D eigenvalue weighted by Gasteiger charge is -2.19. The number of halogens is 1. The van der Waals surface area contributed by atoms with Crippen molar-refractivity contribution in [1.82, 2.24) is 4.98 Å². The minimum absolute atomic E-state index is 0.000590. The molecule has 1 N–H and O–H groups in total. The molecule has 1 aromatic heterocycles. The zero-order chi connectivity index (χ0) is 17.2. The minimum Gasteiger partial charge on any atom is -0.506 e. The molecule has 2 aromatic rings.